The molecule has 3 aromatic rings. The highest BCUT2D eigenvalue weighted by Crippen LogP contribution is 2.31. The highest BCUT2D eigenvalue weighted by molar-refractivity contribution is 5.97. The van der Waals surface area contributed by atoms with Crippen molar-refractivity contribution < 1.29 is 27.5 Å². The summed E-state index contributed by atoms with van der Waals surface area (Å²) in [5.41, 5.74) is -0.513. The molecule has 2 amide bonds. The zero-order chi connectivity index (χ0) is 22.4. The lowest BCUT2D eigenvalue weighted by atomic mass is 10.2. The van der Waals surface area contributed by atoms with Gasteiger partial charge in [-0.25, -0.2) is 9.48 Å². The number of nitrogens with zero attached hydrogens (tertiary/aromatic N) is 3. The van der Waals surface area contributed by atoms with Gasteiger partial charge in [-0.1, -0.05) is 6.07 Å². The lowest BCUT2D eigenvalue weighted by Gasteiger charge is -2.13. The van der Waals surface area contributed by atoms with E-state index in [-0.39, 0.29) is 36.8 Å². The Hall–Kier alpha value is -3.76. The molecule has 0 bridgehead atoms. The summed E-state index contributed by atoms with van der Waals surface area (Å²) >= 11 is 0. The van der Waals surface area contributed by atoms with Gasteiger partial charge in [0.05, 0.1) is 24.1 Å². The lowest BCUT2D eigenvalue weighted by Crippen LogP contribution is -2.35. The average Bonchev–Trinajstić information content (AvgIpc) is 3.40. The molecule has 164 valence electrons. The number of alkyl halides is 3. The Morgan fingerprint density at radius 1 is 1.10 bits per heavy atom. The van der Waals surface area contributed by atoms with Crippen molar-refractivity contribution in [3.63, 3.8) is 0 Å². The molecule has 0 radical (unpaired) electrons. The molecule has 11 heteroatoms. The second kappa shape index (κ2) is 9.37. The third-order valence-electron chi connectivity index (χ3n) is 4.21. The Labute approximate surface area is 175 Å². The molecule has 0 fully saturated rings. The molecule has 0 atom stereocenters. The summed E-state index contributed by atoms with van der Waals surface area (Å²) in [6.45, 7) is 2.17. The first-order chi connectivity index (χ1) is 14.8. The van der Waals surface area contributed by atoms with Crippen LogP contribution in [0, 0.1) is 0 Å². The van der Waals surface area contributed by atoms with Crippen molar-refractivity contribution in [2.45, 2.75) is 13.1 Å². The minimum absolute atomic E-state index is 0.123. The number of carbonyl (C=O) groups excluding carboxylic acids is 2. The topological polar surface area (TPSA) is 90.2 Å². The Morgan fingerprint density at radius 3 is 2.48 bits per heavy atom. The first-order valence-electron chi connectivity index (χ1n) is 9.39. The van der Waals surface area contributed by atoms with Crippen LogP contribution in [0.15, 0.2) is 55.0 Å². The van der Waals surface area contributed by atoms with Crippen molar-refractivity contribution in [1.29, 1.82) is 0 Å². The van der Waals surface area contributed by atoms with Crippen molar-refractivity contribution in [1.82, 2.24) is 25.0 Å². The average molecular weight is 435 g/mol. The molecule has 2 heterocycles. The number of aromatic nitrogens is 3. The molecule has 0 saturated heterocycles. The fraction of sp³-hybridized carbons (Fsp3) is 0.250. The van der Waals surface area contributed by atoms with Crippen LogP contribution in [0.2, 0.25) is 0 Å². The van der Waals surface area contributed by atoms with Crippen LogP contribution in [-0.4, -0.2) is 46.0 Å². The highest BCUT2D eigenvalue weighted by atomic mass is 19.4. The van der Waals surface area contributed by atoms with Crippen LogP contribution in [0.25, 0.3) is 11.5 Å². The van der Waals surface area contributed by atoms with Crippen molar-refractivity contribution in [3.05, 3.63) is 66.1 Å². The van der Waals surface area contributed by atoms with Gasteiger partial charge in [-0.3, -0.25) is 4.79 Å². The molecule has 0 saturated carbocycles. The molecular formula is C20H20F3N5O3. The predicted octanol–water partition coefficient (Wildman–Crippen LogP) is 3.16. The van der Waals surface area contributed by atoms with Crippen LogP contribution in [0.5, 0.6) is 0 Å². The maximum absolute atomic E-state index is 13.1. The fourth-order valence-corrected chi connectivity index (χ4v) is 2.85. The van der Waals surface area contributed by atoms with Crippen LogP contribution in [0.3, 0.4) is 0 Å². The third kappa shape index (κ3) is 5.24. The molecule has 0 spiro atoms. The fourth-order valence-electron chi connectivity index (χ4n) is 2.85. The molecule has 1 aromatic carbocycles. The number of rotatable bonds is 7. The van der Waals surface area contributed by atoms with E-state index in [1.165, 1.54) is 23.0 Å². The van der Waals surface area contributed by atoms with Crippen LogP contribution in [0.4, 0.5) is 18.0 Å². The van der Waals surface area contributed by atoms with Gasteiger partial charge in [0.2, 0.25) is 0 Å². The Bertz CT molecular complexity index is 1040. The Kier molecular flexibility index (Phi) is 6.63. The standard InChI is InChI=1S/C20H20F3N5O3/c1-2-31-19(30)25-9-8-24-17(29)16-13-26-28(18(16)27-10-3-4-11-27)15-7-5-6-14(12-15)20(21,22)23/h3-7,10-13H,2,8-9H2,1H3,(H,24,29)(H,25,30). The summed E-state index contributed by atoms with van der Waals surface area (Å²) in [6, 6.07) is 8.11. The SMILES string of the molecule is CCOC(=O)NCCNC(=O)c1cnn(-c2cccc(C(F)(F)F)c2)c1-n1cccc1. The van der Waals surface area contributed by atoms with E-state index in [0.717, 1.165) is 12.1 Å². The number of hydrogen-bond acceptors (Lipinski definition) is 4. The second-order valence-corrected chi connectivity index (χ2v) is 6.34. The molecule has 0 aliphatic carbocycles. The first-order valence-corrected chi connectivity index (χ1v) is 9.39. The van der Waals surface area contributed by atoms with Gasteiger partial charge in [0.1, 0.15) is 5.56 Å². The van der Waals surface area contributed by atoms with E-state index < -0.39 is 23.7 Å². The molecule has 31 heavy (non-hydrogen) atoms. The van der Waals surface area contributed by atoms with Crippen LogP contribution in [-0.2, 0) is 10.9 Å². The summed E-state index contributed by atoms with van der Waals surface area (Å²) < 4.78 is 47.0. The molecule has 0 aliphatic rings. The van der Waals surface area contributed by atoms with E-state index in [1.54, 1.807) is 36.0 Å². The van der Waals surface area contributed by atoms with E-state index in [2.05, 4.69) is 15.7 Å². The number of nitrogens with one attached hydrogen (secondary N) is 2. The summed E-state index contributed by atoms with van der Waals surface area (Å²) in [7, 11) is 0. The minimum Gasteiger partial charge on any atom is -0.450 e. The number of ether oxygens (including phenoxy) is 1. The lowest BCUT2D eigenvalue weighted by molar-refractivity contribution is -0.137. The van der Waals surface area contributed by atoms with Gasteiger partial charge in [0.15, 0.2) is 5.82 Å². The molecule has 2 N–H and O–H groups in total. The smallest absolute Gasteiger partial charge is 0.416 e. The quantitative estimate of drug-likeness (QED) is 0.558. The van der Waals surface area contributed by atoms with Gasteiger partial charge < -0.3 is 19.9 Å². The zero-order valence-electron chi connectivity index (χ0n) is 16.5. The largest absolute Gasteiger partial charge is 0.450 e. The number of alkyl carbamates (subject to hydrolysis) is 1. The van der Waals surface area contributed by atoms with Gasteiger partial charge in [0.25, 0.3) is 5.91 Å². The number of benzene rings is 1. The number of hydrogen-bond donors (Lipinski definition) is 2. The van der Waals surface area contributed by atoms with Crippen LogP contribution in [0.1, 0.15) is 22.8 Å². The summed E-state index contributed by atoms with van der Waals surface area (Å²) in [5, 5.41) is 9.26. The molecular weight excluding hydrogens is 415 g/mol. The van der Waals surface area contributed by atoms with E-state index in [0.29, 0.717) is 0 Å². The molecule has 3 rings (SSSR count). The van der Waals surface area contributed by atoms with Crippen LogP contribution >= 0.6 is 0 Å². The highest BCUT2D eigenvalue weighted by Gasteiger charge is 2.31. The van der Waals surface area contributed by atoms with Gasteiger partial charge in [0, 0.05) is 25.5 Å². The normalized spacial score (nSPS) is 11.2. The van der Waals surface area contributed by atoms with Gasteiger partial charge in [-0.05, 0) is 37.3 Å². The van der Waals surface area contributed by atoms with Crippen molar-refractivity contribution >= 4 is 12.0 Å². The van der Waals surface area contributed by atoms with Crippen LogP contribution < -0.4 is 10.6 Å². The summed E-state index contributed by atoms with van der Waals surface area (Å²) in [4.78, 5) is 24.0. The first kappa shape index (κ1) is 21.9. The number of carbonyl (C=O) groups is 2. The van der Waals surface area contributed by atoms with E-state index in [9.17, 15) is 22.8 Å². The summed E-state index contributed by atoms with van der Waals surface area (Å²) in [5.74, 6) is -0.215. The maximum atomic E-state index is 13.1. The molecule has 0 aliphatic heterocycles. The molecule has 8 nitrogen and oxygen atoms in total. The second-order valence-electron chi connectivity index (χ2n) is 6.34. The van der Waals surface area contributed by atoms with E-state index in [4.69, 9.17) is 4.74 Å². The third-order valence-corrected chi connectivity index (χ3v) is 4.21. The predicted molar refractivity (Wildman–Crippen MR) is 105 cm³/mol. The summed E-state index contributed by atoms with van der Waals surface area (Å²) in [6.07, 6.45) is -0.519. The minimum atomic E-state index is -4.51. The van der Waals surface area contributed by atoms with Gasteiger partial charge in [-0.15, -0.1) is 0 Å². The monoisotopic (exact) mass is 435 g/mol. The van der Waals surface area contributed by atoms with Crippen molar-refractivity contribution in [2.75, 3.05) is 19.7 Å². The number of amides is 2. The van der Waals surface area contributed by atoms with Crippen molar-refractivity contribution in [2.24, 2.45) is 0 Å². The Balaban J connectivity index is 1.86. The number of halogens is 3. The van der Waals surface area contributed by atoms with Gasteiger partial charge in [-0.2, -0.15) is 18.3 Å². The van der Waals surface area contributed by atoms with E-state index >= 15 is 0 Å². The van der Waals surface area contributed by atoms with E-state index in [1.807, 2.05) is 0 Å². The van der Waals surface area contributed by atoms with Gasteiger partial charge >= 0.3 is 12.3 Å². The molecule has 2 aromatic heterocycles. The van der Waals surface area contributed by atoms with Crippen molar-refractivity contribution in [3.8, 4) is 11.5 Å². The zero-order valence-corrected chi connectivity index (χ0v) is 16.5. The molecule has 0 unspecified atom stereocenters. The Morgan fingerprint density at radius 2 is 1.81 bits per heavy atom. The maximum Gasteiger partial charge on any atom is 0.416 e.